The molecular weight excluding hydrogens is 324 g/mol. The highest BCUT2D eigenvalue weighted by Crippen LogP contribution is 2.52. The topological polar surface area (TPSA) is 0 Å². The van der Waals surface area contributed by atoms with Crippen molar-refractivity contribution in [2.75, 3.05) is 0 Å². The number of rotatable bonds is 2. The van der Waals surface area contributed by atoms with Crippen molar-refractivity contribution in [1.82, 2.24) is 0 Å². The lowest BCUT2D eigenvalue weighted by atomic mass is 9.79. The Balaban J connectivity index is 1.70. The highest BCUT2D eigenvalue weighted by Gasteiger charge is 2.34. The fourth-order valence-corrected chi connectivity index (χ4v) is 5.19. The molecule has 2 aliphatic carbocycles. The SMILES string of the molecule is CC1=Cc2c(cccc2C(C)C2c3ccc(C)cc3-c3cc(C)ccc32)C1. The molecule has 0 spiro atoms. The van der Waals surface area contributed by atoms with Crippen molar-refractivity contribution in [1.29, 1.82) is 0 Å². The third-order valence-electron chi connectivity index (χ3n) is 6.46. The summed E-state index contributed by atoms with van der Waals surface area (Å²) in [5.74, 6) is 0.879. The number of hydrogen-bond acceptors (Lipinski definition) is 0. The highest BCUT2D eigenvalue weighted by atomic mass is 14.4. The van der Waals surface area contributed by atoms with Gasteiger partial charge in [-0.1, -0.05) is 84.3 Å². The molecule has 134 valence electrons. The lowest BCUT2D eigenvalue weighted by Crippen LogP contribution is -2.09. The van der Waals surface area contributed by atoms with Gasteiger partial charge in [-0.25, -0.2) is 0 Å². The molecule has 3 aromatic carbocycles. The second kappa shape index (κ2) is 5.96. The molecule has 0 aliphatic heterocycles. The molecule has 2 aliphatic rings. The van der Waals surface area contributed by atoms with Crippen molar-refractivity contribution >= 4 is 6.08 Å². The average Bonchev–Trinajstić information content (AvgIpc) is 3.17. The summed E-state index contributed by atoms with van der Waals surface area (Å²) < 4.78 is 0. The Bertz CT molecular complexity index is 1050. The lowest BCUT2D eigenvalue weighted by molar-refractivity contribution is 0.668. The van der Waals surface area contributed by atoms with Gasteiger partial charge < -0.3 is 0 Å². The Hall–Kier alpha value is -2.60. The van der Waals surface area contributed by atoms with Gasteiger partial charge >= 0.3 is 0 Å². The van der Waals surface area contributed by atoms with Gasteiger partial charge in [-0.2, -0.15) is 0 Å². The number of benzene rings is 3. The molecule has 0 heterocycles. The summed E-state index contributed by atoms with van der Waals surface area (Å²) in [6.07, 6.45) is 3.51. The van der Waals surface area contributed by atoms with E-state index in [1.165, 1.54) is 55.6 Å². The van der Waals surface area contributed by atoms with Gasteiger partial charge in [0.15, 0.2) is 0 Å². The molecule has 27 heavy (non-hydrogen) atoms. The molecule has 0 heteroatoms. The van der Waals surface area contributed by atoms with E-state index < -0.39 is 0 Å². The number of fused-ring (bicyclic) bond motifs is 4. The molecule has 0 N–H and O–H groups in total. The molecule has 0 nitrogen and oxygen atoms in total. The predicted molar refractivity (Wildman–Crippen MR) is 115 cm³/mol. The Kier molecular flexibility index (Phi) is 3.65. The molecule has 0 radical (unpaired) electrons. The van der Waals surface area contributed by atoms with Gasteiger partial charge in [-0.05, 0) is 72.1 Å². The molecule has 1 unspecified atom stereocenters. The number of allylic oxidation sites excluding steroid dienone is 1. The zero-order chi connectivity index (χ0) is 18.7. The van der Waals surface area contributed by atoms with Gasteiger partial charge in [0.1, 0.15) is 0 Å². The summed E-state index contributed by atoms with van der Waals surface area (Å²) in [4.78, 5) is 0. The summed E-state index contributed by atoms with van der Waals surface area (Å²) >= 11 is 0. The summed E-state index contributed by atoms with van der Waals surface area (Å²) in [6.45, 7) is 9.06. The Morgan fingerprint density at radius 2 is 1.44 bits per heavy atom. The molecular formula is C27H26. The summed E-state index contributed by atoms with van der Waals surface area (Å²) in [7, 11) is 0. The van der Waals surface area contributed by atoms with Crippen molar-refractivity contribution in [2.45, 2.75) is 46.0 Å². The largest absolute Gasteiger partial charge is 0.0683 e. The highest BCUT2D eigenvalue weighted by molar-refractivity contribution is 5.81. The van der Waals surface area contributed by atoms with E-state index in [4.69, 9.17) is 0 Å². The second-order valence-corrected chi connectivity index (χ2v) is 8.54. The van der Waals surface area contributed by atoms with Crippen molar-refractivity contribution in [2.24, 2.45) is 0 Å². The predicted octanol–water partition coefficient (Wildman–Crippen LogP) is 7.18. The molecule has 0 bridgehead atoms. The lowest BCUT2D eigenvalue weighted by Gasteiger charge is -2.24. The Morgan fingerprint density at radius 3 is 2.07 bits per heavy atom. The van der Waals surface area contributed by atoms with Crippen LogP contribution in [0.1, 0.15) is 64.6 Å². The monoisotopic (exact) mass is 350 g/mol. The zero-order valence-electron chi connectivity index (χ0n) is 16.6. The van der Waals surface area contributed by atoms with Crippen LogP contribution in [0.3, 0.4) is 0 Å². The van der Waals surface area contributed by atoms with Gasteiger partial charge in [0, 0.05) is 5.92 Å². The quantitative estimate of drug-likeness (QED) is 0.459. The molecule has 5 rings (SSSR count). The normalized spacial score (nSPS) is 15.9. The van der Waals surface area contributed by atoms with Crippen molar-refractivity contribution in [3.8, 4) is 11.1 Å². The molecule has 0 saturated heterocycles. The summed E-state index contributed by atoms with van der Waals surface area (Å²) in [5, 5.41) is 0. The van der Waals surface area contributed by atoms with Crippen LogP contribution < -0.4 is 0 Å². The zero-order valence-corrected chi connectivity index (χ0v) is 16.6. The van der Waals surface area contributed by atoms with Crippen LogP contribution in [-0.4, -0.2) is 0 Å². The van der Waals surface area contributed by atoms with Crippen LogP contribution in [0, 0.1) is 13.8 Å². The summed E-state index contributed by atoms with van der Waals surface area (Å²) in [5.41, 5.74) is 14.5. The maximum atomic E-state index is 2.42. The van der Waals surface area contributed by atoms with Crippen LogP contribution in [0.25, 0.3) is 17.2 Å². The Labute approximate surface area is 162 Å². The minimum atomic E-state index is 0.428. The van der Waals surface area contributed by atoms with Gasteiger partial charge in [0.25, 0.3) is 0 Å². The van der Waals surface area contributed by atoms with Gasteiger partial charge in [-0.3, -0.25) is 0 Å². The molecule has 0 saturated carbocycles. The maximum absolute atomic E-state index is 2.42. The van der Waals surface area contributed by atoms with Crippen LogP contribution in [-0.2, 0) is 6.42 Å². The van der Waals surface area contributed by atoms with E-state index in [9.17, 15) is 0 Å². The van der Waals surface area contributed by atoms with E-state index in [2.05, 4.69) is 88.4 Å². The first-order valence-electron chi connectivity index (χ1n) is 10.0. The van der Waals surface area contributed by atoms with E-state index in [0.29, 0.717) is 11.8 Å². The Morgan fingerprint density at radius 1 is 0.815 bits per heavy atom. The van der Waals surface area contributed by atoms with Gasteiger partial charge in [0.05, 0.1) is 0 Å². The van der Waals surface area contributed by atoms with Crippen LogP contribution in [0.15, 0.2) is 60.2 Å². The van der Waals surface area contributed by atoms with E-state index in [0.717, 1.165) is 6.42 Å². The van der Waals surface area contributed by atoms with E-state index in [1.54, 1.807) is 0 Å². The van der Waals surface area contributed by atoms with Crippen LogP contribution in [0.5, 0.6) is 0 Å². The fraction of sp³-hybridized carbons (Fsp3) is 0.259. The van der Waals surface area contributed by atoms with Gasteiger partial charge in [-0.15, -0.1) is 0 Å². The van der Waals surface area contributed by atoms with E-state index in [1.807, 2.05) is 0 Å². The minimum Gasteiger partial charge on any atom is -0.0683 e. The average molecular weight is 351 g/mol. The van der Waals surface area contributed by atoms with E-state index >= 15 is 0 Å². The molecule has 0 amide bonds. The third kappa shape index (κ3) is 2.51. The van der Waals surface area contributed by atoms with Crippen molar-refractivity contribution in [3.63, 3.8) is 0 Å². The smallest absolute Gasteiger partial charge is 0.0168 e. The second-order valence-electron chi connectivity index (χ2n) is 8.54. The molecule has 3 aromatic rings. The first-order chi connectivity index (χ1) is 13.0. The maximum Gasteiger partial charge on any atom is 0.0168 e. The number of aryl methyl sites for hydroxylation is 2. The first-order valence-corrected chi connectivity index (χ1v) is 10.0. The van der Waals surface area contributed by atoms with Crippen LogP contribution in [0.2, 0.25) is 0 Å². The number of hydrogen-bond donors (Lipinski definition) is 0. The molecule has 0 fully saturated rings. The van der Waals surface area contributed by atoms with Gasteiger partial charge in [0.2, 0.25) is 0 Å². The van der Waals surface area contributed by atoms with Crippen LogP contribution >= 0.6 is 0 Å². The first kappa shape index (κ1) is 16.6. The third-order valence-corrected chi connectivity index (χ3v) is 6.46. The van der Waals surface area contributed by atoms with Crippen LogP contribution in [0.4, 0.5) is 0 Å². The van der Waals surface area contributed by atoms with E-state index in [-0.39, 0.29) is 0 Å². The standard InChI is InChI=1S/C27H26/c1-16-8-10-22-25(13-16)26-14-17(2)9-11-23(26)27(22)19(4)21-7-5-6-20-12-18(3)15-24(20)21/h5-11,13-15,19,27H,12H2,1-4H3. The summed E-state index contributed by atoms with van der Waals surface area (Å²) in [6, 6.07) is 20.9. The molecule has 1 atom stereocenters. The fourth-order valence-electron chi connectivity index (χ4n) is 5.19. The minimum absolute atomic E-state index is 0.428. The molecule has 0 aromatic heterocycles. The van der Waals surface area contributed by atoms with Crippen molar-refractivity contribution in [3.05, 3.63) is 99.1 Å². The van der Waals surface area contributed by atoms with Crippen molar-refractivity contribution < 1.29 is 0 Å².